The lowest BCUT2D eigenvalue weighted by Gasteiger charge is -2.40. The van der Waals surface area contributed by atoms with Crippen molar-refractivity contribution in [3.05, 3.63) is 28.8 Å². The van der Waals surface area contributed by atoms with Crippen molar-refractivity contribution in [2.24, 2.45) is 0 Å². The number of anilines is 1. The van der Waals surface area contributed by atoms with Crippen molar-refractivity contribution >= 4 is 29.5 Å². The number of amides is 2. The fraction of sp³-hybridized carbons (Fsp3) is 0.579. The van der Waals surface area contributed by atoms with Gasteiger partial charge in [0, 0.05) is 19.0 Å². The molecule has 1 saturated heterocycles. The first-order chi connectivity index (χ1) is 11.8. The number of hydrogen-bond acceptors (Lipinski definition) is 4. The number of hydrogen-bond donors (Lipinski definition) is 1. The van der Waals surface area contributed by atoms with Gasteiger partial charge in [-0.3, -0.25) is 5.32 Å². The van der Waals surface area contributed by atoms with Crippen molar-refractivity contribution in [2.75, 3.05) is 18.4 Å². The second kappa shape index (κ2) is 7.35. The maximum Gasteiger partial charge on any atom is 0.412 e. The SMILES string of the molecule is CC(C)(C)OC(=O)Nc1ccc(C2CN(C(=O)OC(C)(C)C)C2)cc1Cl. The van der Waals surface area contributed by atoms with Crippen LogP contribution in [0.1, 0.15) is 53.0 Å². The molecule has 1 N–H and O–H groups in total. The monoisotopic (exact) mass is 382 g/mol. The maximum absolute atomic E-state index is 12.0. The van der Waals surface area contributed by atoms with Crippen molar-refractivity contribution in [2.45, 2.75) is 58.7 Å². The van der Waals surface area contributed by atoms with Gasteiger partial charge in [-0.2, -0.15) is 0 Å². The minimum atomic E-state index is -0.576. The number of carbonyl (C=O) groups excluding carboxylic acids is 2. The van der Waals surface area contributed by atoms with Crippen molar-refractivity contribution < 1.29 is 19.1 Å². The number of halogens is 1. The van der Waals surface area contributed by atoms with E-state index in [4.69, 9.17) is 21.1 Å². The minimum absolute atomic E-state index is 0.204. The topological polar surface area (TPSA) is 67.9 Å². The van der Waals surface area contributed by atoms with Gasteiger partial charge in [-0.1, -0.05) is 17.7 Å². The molecule has 0 unspecified atom stereocenters. The van der Waals surface area contributed by atoms with Gasteiger partial charge in [0.1, 0.15) is 11.2 Å². The molecule has 1 heterocycles. The zero-order chi connectivity index (χ0) is 19.7. The Bertz CT molecular complexity index is 686. The summed E-state index contributed by atoms with van der Waals surface area (Å²) in [5.74, 6) is 0.204. The highest BCUT2D eigenvalue weighted by atomic mass is 35.5. The number of ether oxygens (including phenoxy) is 2. The summed E-state index contributed by atoms with van der Waals surface area (Å²) in [4.78, 5) is 25.5. The molecule has 0 bridgehead atoms. The van der Waals surface area contributed by atoms with Crippen LogP contribution < -0.4 is 5.32 Å². The van der Waals surface area contributed by atoms with Gasteiger partial charge in [0.05, 0.1) is 10.7 Å². The first kappa shape index (κ1) is 20.4. The first-order valence-electron chi connectivity index (χ1n) is 8.61. The maximum atomic E-state index is 12.0. The van der Waals surface area contributed by atoms with Gasteiger partial charge in [-0.05, 0) is 59.2 Å². The lowest BCUT2D eigenvalue weighted by molar-refractivity contribution is 0.00817. The molecule has 0 saturated carbocycles. The molecule has 144 valence electrons. The van der Waals surface area contributed by atoms with Gasteiger partial charge < -0.3 is 14.4 Å². The lowest BCUT2D eigenvalue weighted by Crippen LogP contribution is -2.50. The summed E-state index contributed by atoms with van der Waals surface area (Å²) >= 11 is 6.28. The molecule has 0 atom stereocenters. The summed E-state index contributed by atoms with van der Waals surface area (Å²) in [5.41, 5.74) is 0.436. The first-order valence-corrected chi connectivity index (χ1v) is 8.99. The fourth-order valence-corrected chi connectivity index (χ4v) is 2.70. The molecular formula is C19H27ClN2O4. The average Bonchev–Trinajstić information content (AvgIpc) is 2.35. The molecule has 2 amide bonds. The van der Waals surface area contributed by atoms with Crippen LogP contribution in [0, 0.1) is 0 Å². The Morgan fingerprint density at radius 3 is 2.15 bits per heavy atom. The Balaban J connectivity index is 1.93. The number of nitrogens with one attached hydrogen (secondary N) is 1. The van der Waals surface area contributed by atoms with E-state index < -0.39 is 17.3 Å². The molecule has 0 spiro atoms. The molecule has 26 heavy (non-hydrogen) atoms. The van der Waals surface area contributed by atoms with Gasteiger partial charge in [-0.25, -0.2) is 9.59 Å². The van der Waals surface area contributed by atoms with E-state index in [0.29, 0.717) is 23.8 Å². The van der Waals surface area contributed by atoms with E-state index in [1.54, 1.807) is 31.7 Å². The van der Waals surface area contributed by atoms with Crippen molar-refractivity contribution in [3.63, 3.8) is 0 Å². The van der Waals surface area contributed by atoms with Crippen LogP contribution in [0.15, 0.2) is 18.2 Å². The van der Waals surface area contributed by atoms with Crippen LogP contribution in [0.2, 0.25) is 5.02 Å². The van der Waals surface area contributed by atoms with E-state index in [9.17, 15) is 9.59 Å². The molecule has 0 radical (unpaired) electrons. The number of nitrogens with zero attached hydrogens (tertiary/aromatic N) is 1. The highest BCUT2D eigenvalue weighted by Gasteiger charge is 2.34. The predicted octanol–water partition coefficient (Wildman–Crippen LogP) is 5.02. The van der Waals surface area contributed by atoms with Crippen molar-refractivity contribution in [1.29, 1.82) is 0 Å². The third-order valence-electron chi connectivity index (χ3n) is 3.63. The minimum Gasteiger partial charge on any atom is -0.444 e. The largest absolute Gasteiger partial charge is 0.444 e. The lowest BCUT2D eigenvalue weighted by atomic mass is 9.92. The smallest absolute Gasteiger partial charge is 0.412 e. The molecule has 6 nitrogen and oxygen atoms in total. The summed E-state index contributed by atoms with van der Waals surface area (Å²) in [6.07, 6.45) is -0.852. The Kier molecular flexibility index (Phi) is 5.76. The third kappa shape index (κ3) is 5.80. The van der Waals surface area contributed by atoms with Gasteiger partial charge in [-0.15, -0.1) is 0 Å². The Labute approximate surface area is 159 Å². The quantitative estimate of drug-likeness (QED) is 0.779. The normalized spacial score (nSPS) is 15.3. The Hall–Kier alpha value is -1.95. The standard InChI is InChI=1S/C19H27ClN2O4/c1-18(2,3)25-16(23)21-15-8-7-12(9-14(15)20)13-10-22(11-13)17(24)26-19(4,5)6/h7-9,13H,10-11H2,1-6H3,(H,21,23). The van der Waals surface area contributed by atoms with Gasteiger partial charge in [0.25, 0.3) is 0 Å². The molecule has 1 aromatic rings. The predicted molar refractivity (Wildman–Crippen MR) is 102 cm³/mol. The van der Waals surface area contributed by atoms with Gasteiger partial charge in [0.2, 0.25) is 0 Å². The van der Waals surface area contributed by atoms with Crippen LogP contribution in [-0.4, -0.2) is 41.4 Å². The van der Waals surface area contributed by atoms with Crippen LogP contribution in [0.25, 0.3) is 0 Å². The van der Waals surface area contributed by atoms with Crippen LogP contribution in [0.4, 0.5) is 15.3 Å². The van der Waals surface area contributed by atoms with Crippen LogP contribution in [0.5, 0.6) is 0 Å². The van der Waals surface area contributed by atoms with Crippen molar-refractivity contribution in [3.8, 4) is 0 Å². The molecule has 0 aliphatic carbocycles. The van der Waals surface area contributed by atoms with Crippen LogP contribution in [0.3, 0.4) is 0 Å². The summed E-state index contributed by atoms with van der Waals surface area (Å²) < 4.78 is 10.6. The highest BCUT2D eigenvalue weighted by Crippen LogP contribution is 2.32. The zero-order valence-electron chi connectivity index (χ0n) is 16.2. The van der Waals surface area contributed by atoms with E-state index in [2.05, 4.69) is 5.32 Å². The molecule has 2 rings (SSSR count). The Morgan fingerprint density at radius 2 is 1.65 bits per heavy atom. The molecule has 0 aromatic heterocycles. The second-order valence-electron chi connectivity index (χ2n) is 8.45. The van der Waals surface area contributed by atoms with E-state index >= 15 is 0 Å². The van der Waals surface area contributed by atoms with E-state index in [1.807, 2.05) is 32.9 Å². The molecule has 1 aromatic carbocycles. The van der Waals surface area contributed by atoms with E-state index in [1.165, 1.54) is 0 Å². The fourth-order valence-electron chi connectivity index (χ4n) is 2.47. The van der Waals surface area contributed by atoms with Gasteiger partial charge in [0.15, 0.2) is 0 Å². The molecular weight excluding hydrogens is 356 g/mol. The third-order valence-corrected chi connectivity index (χ3v) is 3.95. The summed E-state index contributed by atoms with van der Waals surface area (Å²) in [5, 5.41) is 3.08. The van der Waals surface area contributed by atoms with Crippen LogP contribution in [-0.2, 0) is 9.47 Å². The van der Waals surface area contributed by atoms with E-state index in [0.717, 1.165) is 5.56 Å². The number of benzene rings is 1. The van der Waals surface area contributed by atoms with Gasteiger partial charge >= 0.3 is 12.2 Å². The van der Waals surface area contributed by atoms with Crippen molar-refractivity contribution in [1.82, 2.24) is 4.90 Å². The number of likely N-dealkylation sites (tertiary alicyclic amines) is 1. The summed E-state index contributed by atoms with van der Waals surface area (Å²) in [6.45, 7) is 12.1. The molecule has 1 fully saturated rings. The summed E-state index contributed by atoms with van der Waals surface area (Å²) in [6, 6.07) is 5.46. The van der Waals surface area contributed by atoms with Crippen LogP contribution >= 0.6 is 11.6 Å². The second-order valence-corrected chi connectivity index (χ2v) is 8.86. The molecule has 7 heteroatoms. The number of rotatable bonds is 2. The molecule has 1 aliphatic rings. The Morgan fingerprint density at radius 1 is 1.08 bits per heavy atom. The average molecular weight is 383 g/mol. The highest BCUT2D eigenvalue weighted by molar-refractivity contribution is 6.33. The molecule has 1 aliphatic heterocycles. The zero-order valence-corrected chi connectivity index (χ0v) is 16.9. The number of carbonyl (C=O) groups is 2. The van der Waals surface area contributed by atoms with E-state index in [-0.39, 0.29) is 12.0 Å². The summed E-state index contributed by atoms with van der Waals surface area (Å²) in [7, 11) is 0.